The summed E-state index contributed by atoms with van der Waals surface area (Å²) in [6.45, 7) is 19.8. The number of carbonyl (C=O) groups excluding carboxylic acids is 2. The van der Waals surface area contributed by atoms with Crippen LogP contribution in [0.3, 0.4) is 0 Å². The molecule has 0 saturated heterocycles. The summed E-state index contributed by atoms with van der Waals surface area (Å²) < 4.78 is 13.0. The van der Waals surface area contributed by atoms with Gasteiger partial charge in [-0.2, -0.15) is 0 Å². The maximum absolute atomic E-state index is 12.4. The van der Waals surface area contributed by atoms with E-state index < -0.39 is 0 Å². The Balaban J connectivity index is 3.92. The molecule has 0 heterocycles. The lowest BCUT2D eigenvalue weighted by Gasteiger charge is -2.16. The number of hydrogen-bond acceptors (Lipinski definition) is 4. The van der Waals surface area contributed by atoms with Crippen LogP contribution in [0.5, 0.6) is 0 Å². The van der Waals surface area contributed by atoms with E-state index in [4.69, 9.17) is 9.47 Å². The quantitative estimate of drug-likeness (QED) is 0.0384. The Labute approximate surface area is 268 Å². The van der Waals surface area contributed by atoms with Crippen LogP contribution in [-0.2, 0) is 19.1 Å². The average Bonchev–Trinajstić information content (AvgIpc) is 2.93. The first-order chi connectivity index (χ1) is 20.4. The van der Waals surface area contributed by atoms with Crippen molar-refractivity contribution in [2.24, 2.45) is 35.5 Å². The van der Waals surface area contributed by atoms with Crippen molar-refractivity contribution in [2.45, 2.75) is 165 Å². The highest BCUT2D eigenvalue weighted by Crippen LogP contribution is 2.23. The minimum atomic E-state index is -0.0951. The topological polar surface area (TPSA) is 55.6 Å². The zero-order valence-corrected chi connectivity index (χ0v) is 30.3. The minimum Gasteiger partial charge on any atom is -0.465 e. The Kier molecular flexibility index (Phi) is 26.1. The molecule has 0 aliphatic carbocycles. The molecule has 43 heavy (non-hydrogen) atoms. The van der Waals surface area contributed by atoms with Gasteiger partial charge in [-0.15, -0.1) is 0 Å². The van der Waals surface area contributed by atoms with Gasteiger partial charge in [0.2, 0.25) is 0 Å². The molecule has 0 aromatic carbocycles. The maximum atomic E-state index is 12.4. The highest BCUT2D eigenvalue weighted by molar-refractivity contribution is 5.70. The largest absolute Gasteiger partial charge is 0.465 e. The van der Waals surface area contributed by atoms with Gasteiger partial charge >= 0.3 is 11.9 Å². The molecule has 0 aliphatic heterocycles. The van der Waals surface area contributed by atoms with Gasteiger partial charge in [-0.1, -0.05) is 132 Å². The van der Waals surface area contributed by atoms with Crippen molar-refractivity contribution in [3.05, 3.63) is 0 Å². The molecule has 0 N–H and O–H groups in total. The summed E-state index contributed by atoms with van der Waals surface area (Å²) in [5, 5.41) is 0. The van der Waals surface area contributed by atoms with Crippen LogP contribution in [0.4, 0.5) is 0 Å². The summed E-state index contributed by atoms with van der Waals surface area (Å²) in [7, 11) is 1.97. The zero-order chi connectivity index (χ0) is 32.5. The zero-order valence-electron chi connectivity index (χ0n) is 30.3. The van der Waals surface area contributed by atoms with E-state index in [9.17, 15) is 9.59 Å². The van der Waals surface area contributed by atoms with Crippen LogP contribution in [0.25, 0.3) is 0 Å². The first-order valence-corrected chi connectivity index (χ1v) is 18.3. The molecule has 0 saturated carbocycles. The predicted molar refractivity (Wildman–Crippen MR) is 184 cm³/mol. The molecule has 5 nitrogen and oxygen atoms in total. The summed E-state index contributed by atoms with van der Waals surface area (Å²) >= 11 is 0. The molecule has 4 unspecified atom stereocenters. The summed E-state index contributed by atoms with van der Waals surface area (Å²) in [6, 6.07) is 0. The van der Waals surface area contributed by atoms with Crippen LogP contribution < -0.4 is 0 Å². The van der Waals surface area contributed by atoms with E-state index in [2.05, 4.69) is 55.4 Å². The highest BCUT2D eigenvalue weighted by Gasteiger charge is 2.15. The lowest BCUT2D eigenvalue weighted by molar-refractivity contribution is -0.496. The second kappa shape index (κ2) is 27.0. The van der Waals surface area contributed by atoms with Crippen LogP contribution >= 0.6 is 0 Å². The van der Waals surface area contributed by atoms with Crippen LogP contribution in [0.2, 0.25) is 0 Å². The molecule has 0 aromatic rings. The molecule has 0 fully saturated rings. The smallest absolute Gasteiger partial charge is 0.306 e. The van der Waals surface area contributed by atoms with Crippen LogP contribution in [0.1, 0.15) is 165 Å². The molecule has 254 valence electrons. The number of hydrogen-bond donors (Lipinski definition) is 0. The Morgan fingerprint density at radius 3 is 1.60 bits per heavy atom. The van der Waals surface area contributed by atoms with Crippen LogP contribution in [0, 0.1) is 35.5 Å². The van der Waals surface area contributed by atoms with E-state index in [0.717, 1.165) is 42.9 Å². The van der Waals surface area contributed by atoms with E-state index in [0.29, 0.717) is 50.9 Å². The number of carbonyl (C=O) groups is 2. The van der Waals surface area contributed by atoms with Crippen molar-refractivity contribution in [3.63, 3.8) is 0 Å². The van der Waals surface area contributed by atoms with Crippen LogP contribution in [-0.4, -0.2) is 49.5 Å². The van der Waals surface area contributed by atoms with Gasteiger partial charge < -0.3 is 9.47 Å². The lowest BCUT2D eigenvalue weighted by atomic mass is 9.91. The van der Waals surface area contributed by atoms with Gasteiger partial charge in [0, 0.05) is 12.8 Å². The Morgan fingerprint density at radius 2 is 1.09 bits per heavy atom. The molecular formula is C38H74NO4+. The maximum Gasteiger partial charge on any atom is 0.306 e. The van der Waals surface area contributed by atoms with Gasteiger partial charge in [0.25, 0.3) is 0 Å². The first kappa shape index (κ1) is 41.6. The molecule has 0 amide bonds. The van der Waals surface area contributed by atoms with Gasteiger partial charge in [0.1, 0.15) is 26.5 Å². The van der Waals surface area contributed by atoms with Crippen molar-refractivity contribution in [1.82, 2.24) is 0 Å². The predicted octanol–water partition coefficient (Wildman–Crippen LogP) is 10.3. The molecule has 0 bridgehead atoms. The number of ether oxygens (including phenoxy) is 2. The minimum absolute atomic E-state index is 0.0767. The highest BCUT2D eigenvalue weighted by atomic mass is 16.5. The summed E-state index contributed by atoms with van der Waals surface area (Å²) in [6.07, 6.45) is 21.0. The normalized spacial score (nSPS) is 15.0. The van der Waals surface area contributed by atoms with Crippen molar-refractivity contribution < 1.29 is 23.6 Å². The molecular weight excluding hydrogens is 534 g/mol. The summed E-state index contributed by atoms with van der Waals surface area (Å²) in [5.74, 6) is 4.01. The van der Waals surface area contributed by atoms with Crippen molar-refractivity contribution >= 4 is 18.2 Å². The molecule has 0 radical (unpaired) electrons. The van der Waals surface area contributed by atoms with Crippen molar-refractivity contribution in [2.75, 3.05) is 26.8 Å². The average molecular weight is 609 g/mol. The number of esters is 2. The van der Waals surface area contributed by atoms with E-state index in [1.807, 2.05) is 17.8 Å². The number of likely N-dealkylation sites (N-methyl/N-ethyl adjacent to an activating group) is 1. The van der Waals surface area contributed by atoms with Gasteiger partial charge in [-0.05, 0) is 48.3 Å². The van der Waals surface area contributed by atoms with E-state index in [1.165, 1.54) is 70.6 Å². The van der Waals surface area contributed by atoms with Crippen molar-refractivity contribution in [3.8, 4) is 0 Å². The fraction of sp³-hybridized carbons (Fsp3) is 0.921. The second-order valence-corrected chi connectivity index (χ2v) is 14.7. The second-order valence-electron chi connectivity index (χ2n) is 14.7. The molecule has 0 aliphatic rings. The fourth-order valence-electron chi connectivity index (χ4n) is 5.77. The van der Waals surface area contributed by atoms with Gasteiger partial charge in [-0.25, -0.2) is 4.58 Å². The number of nitrogens with zero attached hydrogens (tertiary/aromatic N) is 1. The lowest BCUT2D eigenvalue weighted by Crippen LogP contribution is -2.18. The third-order valence-electron chi connectivity index (χ3n) is 9.06. The third kappa shape index (κ3) is 27.9. The molecule has 5 heteroatoms. The summed E-state index contributed by atoms with van der Waals surface area (Å²) in [4.78, 5) is 24.5. The third-order valence-corrected chi connectivity index (χ3v) is 9.06. The van der Waals surface area contributed by atoms with Gasteiger partial charge in [0.05, 0.1) is 6.42 Å². The molecule has 0 spiro atoms. The van der Waals surface area contributed by atoms with Crippen molar-refractivity contribution in [1.29, 1.82) is 0 Å². The van der Waals surface area contributed by atoms with Gasteiger partial charge in [-0.3, -0.25) is 9.59 Å². The number of rotatable bonds is 28. The van der Waals surface area contributed by atoms with E-state index in [1.54, 1.807) is 0 Å². The standard InChI is InChI=1S/C38H74NO4/c1-10-36(23-14-22-34(7)19-12-17-32(4)5)30-38(41)42-28-15-26-39(9)27-29-43-37(40)25-24-35(8)21-13-20-33(6)18-11-16-31(2)3/h26,31-36H,10-25,27-30H2,1-9H3/q+1. The van der Waals surface area contributed by atoms with Crippen LogP contribution in [0.15, 0.2) is 0 Å². The Hall–Kier alpha value is -1.39. The monoisotopic (exact) mass is 609 g/mol. The molecule has 0 rings (SSSR count). The first-order valence-electron chi connectivity index (χ1n) is 18.3. The van der Waals surface area contributed by atoms with E-state index in [-0.39, 0.29) is 11.9 Å². The molecule has 0 aromatic heterocycles. The SMILES string of the molecule is CCC(CCCC(C)CCCC(C)C)CC(=O)OCCC=[N+](C)CCOC(=O)CCC(C)CCCC(C)CCCC(C)C. The Bertz CT molecular complexity index is 717. The fourth-order valence-corrected chi connectivity index (χ4v) is 5.77. The van der Waals surface area contributed by atoms with E-state index >= 15 is 0 Å². The Morgan fingerprint density at radius 1 is 0.628 bits per heavy atom. The van der Waals surface area contributed by atoms with Gasteiger partial charge in [0.15, 0.2) is 6.54 Å². The summed E-state index contributed by atoms with van der Waals surface area (Å²) in [5.41, 5.74) is 0. The molecule has 4 atom stereocenters.